The van der Waals surface area contributed by atoms with Crippen LogP contribution in [0.3, 0.4) is 0 Å². The summed E-state index contributed by atoms with van der Waals surface area (Å²) in [4.78, 5) is 25.4. The third kappa shape index (κ3) is 3.67. The van der Waals surface area contributed by atoms with Gasteiger partial charge < -0.3 is 16.0 Å². The van der Waals surface area contributed by atoms with Gasteiger partial charge in [0.15, 0.2) is 0 Å². The molecule has 0 heterocycles. The Bertz CT molecular complexity index is 355. The Kier molecular flexibility index (Phi) is 4.84. The Morgan fingerprint density at radius 3 is 2.41 bits per heavy atom. The minimum Gasteiger partial charge on any atom is -0.465 e. The van der Waals surface area contributed by atoms with E-state index in [0.29, 0.717) is 0 Å². The lowest BCUT2D eigenvalue weighted by molar-refractivity contribution is -0.119. The standard InChI is InChI=1S/C11H17N3O3/c1-7(13-11(16)17)10(15)9(14-12)8-5-3-2-4-6-8/h7-8,13H,2-6H2,1H3,(H,16,17). The van der Waals surface area contributed by atoms with Gasteiger partial charge in [-0.1, -0.05) is 19.3 Å². The quantitative estimate of drug-likeness (QED) is 0.441. The van der Waals surface area contributed by atoms with Crippen LogP contribution >= 0.6 is 0 Å². The largest absolute Gasteiger partial charge is 0.465 e. The van der Waals surface area contributed by atoms with E-state index in [1.165, 1.54) is 6.92 Å². The maximum absolute atomic E-state index is 11.9. The molecular formula is C11H17N3O3. The summed E-state index contributed by atoms with van der Waals surface area (Å²) in [5.41, 5.74) is 9.03. The first kappa shape index (κ1) is 13.4. The van der Waals surface area contributed by atoms with E-state index in [4.69, 9.17) is 10.6 Å². The van der Waals surface area contributed by atoms with E-state index in [1.807, 2.05) is 0 Å². The molecule has 0 saturated heterocycles. The molecule has 1 unspecified atom stereocenters. The summed E-state index contributed by atoms with van der Waals surface area (Å²) in [7, 11) is 0. The molecule has 0 aliphatic heterocycles. The summed E-state index contributed by atoms with van der Waals surface area (Å²) in [6.45, 7) is 1.45. The maximum atomic E-state index is 11.9. The normalized spacial score (nSPS) is 17.9. The zero-order valence-corrected chi connectivity index (χ0v) is 9.85. The van der Waals surface area contributed by atoms with Crippen LogP contribution in [0.25, 0.3) is 5.53 Å². The second-order valence-electron chi connectivity index (χ2n) is 4.36. The lowest BCUT2D eigenvalue weighted by Crippen LogP contribution is -2.43. The van der Waals surface area contributed by atoms with Crippen molar-refractivity contribution in [2.75, 3.05) is 0 Å². The number of Topliss-reactive ketones (excluding diaryl/α,β-unsaturated/α-hetero) is 1. The van der Waals surface area contributed by atoms with E-state index in [1.54, 1.807) is 0 Å². The van der Waals surface area contributed by atoms with Crippen LogP contribution in [0.2, 0.25) is 0 Å². The number of rotatable bonds is 4. The summed E-state index contributed by atoms with van der Waals surface area (Å²) in [6.07, 6.45) is 3.55. The Balaban J connectivity index is 2.70. The Labute approximate surface area is 99.6 Å². The van der Waals surface area contributed by atoms with Crippen LogP contribution in [0.15, 0.2) is 0 Å². The summed E-state index contributed by atoms with van der Waals surface area (Å²) in [5.74, 6) is -0.485. The Morgan fingerprint density at radius 2 is 1.94 bits per heavy atom. The van der Waals surface area contributed by atoms with Gasteiger partial charge in [-0.15, -0.1) is 0 Å². The third-order valence-corrected chi connectivity index (χ3v) is 3.09. The fourth-order valence-corrected chi connectivity index (χ4v) is 2.18. The topological polar surface area (TPSA) is 103 Å². The fourth-order valence-electron chi connectivity index (χ4n) is 2.18. The number of nitrogens with zero attached hydrogens (tertiary/aromatic N) is 2. The lowest BCUT2D eigenvalue weighted by atomic mass is 9.83. The predicted molar refractivity (Wildman–Crippen MR) is 60.8 cm³/mol. The monoisotopic (exact) mass is 239 g/mol. The van der Waals surface area contributed by atoms with Gasteiger partial charge in [0.1, 0.15) is 0 Å². The number of hydrogen-bond donors (Lipinski definition) is 2. The highest BCUT2D eigenvalue weighted by Gasteiger charge is 2.35. The van der Waals surface area contributed by atoms with Crippen LogP contribution in [0, 0.1) is 5.92 Å². The molecule has 0 aromatic carbocycles. The fraction of sp³-hybridized carbons (Fsp3) is 0.727. The summed E-state index contributed by atoms with van der Waals surface area (Å²) >= 11 is 0. The van der Waals surface area contributed by atoms with Crippen LogP contribution in [0.1, 0.15) is 39.0 Å². The van der Waals surface area contributed by atoms with Gasteiger partial charge >= 0.3 is 11.8 Å². The predicted octanol–water partition coefficient (Wildman–Crippen LogP) is 1.46. The third-order valence-electron chi connectivity index (χ3n) is 3.09. The minimum atomic E-state index is -1.26. The van der Waals surface area contributed by atoms with Gasteiger partial charge in [0.2, 0.25) is 0 Å². The number of carbonyl (C=O) groups is 2. The van der Waals surface area contributed by atoms with Crippen molar-refractivity contribution in [1.82, 2.24) is 5.32 Å². The molecule has 1 fully saturated rings. The van der Waals surface area contributed by atoms with E-state index < -0.39 is 17.9 Å². The van der Waals surface area contributed by atoms with Crippen molar-refractivity contribution in [3.8, 4) is 0 Å². The van der Waals surface area contributed by atoms with Gasteiger partial charge in [0.05, 0.1) is 12.0 Å². The van der Waals surface area contributed by atoms with Crippen molar-refractivity contribution in [2.45, 2.75) is 45.1 Å². The van der Waals surface area contributed by atoms with E-state index >= 15 is 0 Å². The lowest BCUT2D eigenvalue weighted by Gasteiger charge is -2.18. The van der Waals surface area contributed by atoms with Crippen molar-refractivity contribution < 1.29 is 19.5 Å². The van der Waals surface area contributed by atoms with Crippen molar-refractivity contribution in [2.24, 2.45) is 5.92 Å². The van der Waals surface area contributed by atoms with Gasteiger partial charge in [-0.3, -0.25) is 4.79 Å². The molecule has 1 amide bonds. The number of amides is 1. The number of carboxylic acid groups (broad SMARTS) is 1. The first-order chi connectivity index (χ1) is 8.06. The molecular weight excluding hydrogens is 222 g/mol. The van der Waals surface area contributed by atoms with Gasteiger partial charge in [0.25, 0.3) is 5.78 Å². The highest BCUT2D eigenvalue weighted by Crippen LogP contribution is 2.24. The molecule has 1 aliphatic carbocycles. The van der Waals surface area contributed by atoms with E-state index in [-0.39, 0.29) is 11.6 Å². The smallest absolute Gasteiger partial charge is 0.405 e. The molecule has 0 radical (unpaired) electrons. The molecule has 1 saturated carbocycles. The molecule has 6 nitrogen and oxygen atoms in total. The molecule has 94 valence electrons. The Hall–Kier alpha value is -1.68. The second kappa shape index (κ2) is 6.15. The SMILES string of the molecule is CC(NC(=O)O)C(=O)C(=[N+]=[N-])C1CCCCC1. The molecule has 1 atom stereocenters. The molecule has 0 aromatic rings. The highest BCUT2D eigenvalue weighted by atomic mass is 16.4. The average molecular weight is 239 g/mol. The van der Waals surface area contributed by atoms with Gasteiger partial charge in [0, 0.05) is 0 Å². The van der Waals surface area contributed by atoms with Crippen molar-refractivity contribution in [3.05, 3.63) is 5.53 Å². The molecule has 1 aliphatic rings. The van der Waals surface area contributed by atoms with Crippen LogP contribution in [0.5, 0.6) is 0 Å². The first-order valence-corrected chi connectivity index (χ1v) is 5.82. The van der Waals surface area contributed by atoms with Gasteiger partial charge in [-0.2, -0.15) is 4.79 Å². The molecule has 6 heteroatoms. The van der Waals surface area contributed by atoms with Crippen LogP contribution < -0.4 is 5.32 Å². The number of carbonyl (C=O) groups excluding carboxylic acids is 1. The molecule has 0 aromatic heterocycles. The van der Waals surface area contributed by atoms with E-state index in [9.17, 15) is 9.59 Å². The van der Waals surface area contributed by atoms with Crippen molar-refractivity contribution >= 4 is 17.6 Å². The van der Waals surface area contributed by atoms with E-state index in [0.717, 1.165) is 32.1 Å². The Morgan fingerprint density at radius 1 is 1.35 bits per heavy atom. The summed E-state index contributed by atoms with van der Waals surface area (Å²) in [6, 6.07) is -0.875. The minimum absolute atomic E-state index is 0.0423. The average Bonchev–Trinajstić information content (AvgIpc) is 2.30. The first-order valence-electron chi connectivity index (χ1n) is 5.82. The highest BCUT2D eigenvalue weighted by molar-refractivity contribution is 6.40. The molecule has 0 spiro atoms. The molecule has 17 heavy (non-hydrogen) atoms. The number of hydrogen-bond acceptors (Lipinski definition) is 2. The maximum Gasteiger partial charge on any atom is 0.405 e. The second-order valence-corrected chi connectivity index (χ2v) is 4.36. The van der Waals surface area contributed by atoms with Gasteiger partial charge in [-0.05, 0) is 19.8 Å². The number of nitrogens with one attached hydrogen (secondary N) is 1. The van der Waals surface area contributed by atoms with Crippen LogP contribution in [-0.2, 0) is 4.79 Å². The zero-order valence-electron chi connectivity index (χ0n) is 9.85. The molecule has 0 bridgehead atoms. The van der Waals surface area contributed by atoms with Crippen LogP contribution in [-0.4, -0.2) is 33.5 Å². The molecule has 2 N–H and O–H groups in total. The van der Waals surface area contributed by atoms with Gasteiger partial charge in [-0.25, -0.2) is 4.79 Å². The summed E-state index contributed by atoms with van der Waals surface area (Å²) < 4.78 is 0. The number of ketones is 1. The van der Waals surface area contributed by atoms with Crippen molar-refractivity contribution in [1.29, 1.82) is 0 Å². The van der Waals surface area contributed by atoms with Crippen molar-refractivity contribution in [3.63, 3.8) is 0 Å². The zero-order chi connectivity index (χ0) is 12.8. The summed E-state index contributed by atoms with van der Waals surface area (Å²) in [5, 5.41) is 10.6. The molecule has 1 rings (SSSR count). The van der Waals surface area contributed by atoms with E-state index in [2.05, 4.69) is 10.1 Å². The van der Waals surface area contributed by atoms with Crippen LogP contribution in [0.4, 0.5) is 4.79 Å².